The van der Waals surface area contributed by atoms with E-state index < -0.39 is 6.09 Å². The Morgan fingerprint density at radius 3 is 2.93 bits per heavy atom. The molecule has 0 bridgehead atoms. The second kappa shape index (κ2) is 3.31. The zero-order valence-electron chi connectivity index (χ0n) is 7.68. The molecule has 0 saturated heterocycles. The van der Waals surface area contributed by atoms with Gasteiger partial charge < -0.3 is 15.7 Å². The van der Waals surface area contributed by atoms with Crippen molar-refractivity contribution in [1.82, 2.24) is 4.90 Å². The van der Waals surface area contributed by atoms with Crippen molar-refractivity contribution >= 4 is 6.09 Å². The van der Waals surface area contributed by atoms with Crippen LogP contribution in [-0.2, 0) is 6.54 Å². The molecule has 4 heteroatoms. The van der Waals surface area contributed by atoms with E-state index >= 15 is 0 Å². The number of fused-ring (bicyclic) bond motifs is 1. The molecule has 0 aliphatic carbocycles. The number of rotatable bonds is 0. The Morgan fingerprint density at radius 2 is 2.21 bits per heavy atom. The highest BCUT2D eigenvalue weighted by Crippen LogP contribution is 2.24. The summed E-state index contributed by atoms with van der Waals surface area (Å²) in [5.41, 5.74) is 7.94. The first-order valence-corrected chi connectivity index (χ1v) is 4.49. The maximum Gasteiger partial charge on any atom is 0.407 e. The first-order chi connectivity index (χ1) is 6.68. The van der Waals surface area contributed by atoms with Gasteiger partial charge in [-0.25, -0.2) is 4.79 Å². The van der Waals surface area contributed by atoms with E-state index in [-0.39, 0.29) is 6.04 Å². The molecule has 0 saturated carbocycles. The molecule has 1 amide bonds. The molecule has 1 atom stereocenters. The zero-order chi connectivity index (χ0) is 10.1. The summed E-state index contributed by atoms with van der Waals surface area (Å²) in [5, 5.41) is 8.85. The van der Waals surface area contributed by atoms with Crippen LogP contribution in [0.3, 0.4) is 0 Å². The lowest BCUT2D eigenvalue weighted by Crippen LogP contribution is -2.40. The molecule has 1 aromatic rings. The molecule has 1 aliphatic rings. The van der Waals surface area contributed by atoms with Crippen LogP contribution in [0.1, 0.15) is 17.2 Å². The number of amides is 1. The fraction of sp³-hybridized carbons (Fsp3) is 0.300. The maximum atomic E-state index is 10.8. The van der Waals surface area contributed by atoms with E-state index in [0.29, 0.717) is 13.1 Å². The van der Waals surface area contributed by atoms with E-state index in [1.807, 2.05) is 24.3 Å². The van der Waals surface area contributed by atoms with Gasteiger partial charge in [0.1, 0.15) is 0 Å². The molecular weight excluding hydrogens is 180 g/mol. The molecule has 1 unspecified atom stereocenters. The second-order valence-electron chi connectivity index (χ2n) is 3.47. The standard InChI is InChI=1S/C10H12N2O2/c11-9-6-12(10(13)14)5-7-3-1-2-4-8(7)9/h1-4,9H,5-6,11H2,(H,13,14). The molecular formula is C10H12N2O2. The van der Waals surface area contributed by atoms with Gasteiger partial charge in [0.25, 0.3) is 0 Å². The van der Waals surface area contributed by atoms with E-state index in [4.69, 9.17) is 10.8 Å². The molecule has 2 rings (SSSR count). The summed E-state index contributed by atoms with van der Waals surface area (Å²) < 4.78 is 0. The monoisotopic (exact) mass is 192 g/mol. The van der Waals surface area contributed by atoms with Gasteiger partial charge in [-0.15, -0.1) is 0 Å². The molecule has 0 radical (unpaired) electrons. The van der Waals surface area contributed by atoms with Gasteiger partial charge in [0.05, 0.1) is 0 Å². The van der Waals surface area contributed by atoms with Crippen LogP contribution in [0.25, 0.3) is 0 Å². The van der Waals surface area contributed by atoms with Gasteiger partial charge in [0.15, 0.2) is 0 Å². The number of carbonyl (C=O) groups is 1. The Balaban J connectivity index is 2.33. The van der Waals surface area contributed by atoms with Gasteiger partial charge >= 0.3 is 6.09 Å². The van der Waals surface area contributed by atoms with E-state index in [9.17, 15) is 4.79 Å². The van der Waals surface area contributed by atoms with Crippen LogP contribution in [-0.4, -0.2) is 22.6 Å². The minimum absolute atomic E-state index is 0.198. The Labute approximate surface area is 81.9 Å². The summed E-state index contributed by atoms with van der Waals surface area (Å²) in [6, 6.07) is 7.51. The van der Waals surface area contributed by atoms with Crippen molar-refractivity contribution in [3.63, 3.8) is 0 Å². The van der Waals surface area contributed by atoms with Gasteiger partial charge in [-0.2, -0.15) is 0 Å². The van der Waals surface area contributed by atoms with Crippen LogP contribution in [0.4, 0.5) is 4.79 Å². The normalized spacial score (nSPS) is 20.4. The van der Waals surface area contributed by atoms with Gasteiger partial charge in [-0.3, -0.25) is 0 Å². The van der Waals surface area contributed by atoms with Crippen molar-refractivity contribution in [3.8, 4) is 0 Å². The fourth-order valence-corrected chi connectivity index (χ4v) is 1.79. The van der Waals surface area contributed by atoms with Crippen molar-refractivity contribution in [3.05, 3.63) is 35.4 Å². The third-order valence-corrected chi connectivity index (χ3v) is 2.50. The average molecular weight is 192 g/mol. The molecule has 1 heterocycles. The molecule has 0 spiro atoms. The third kappa shape index (κ3) is 1.44. The predicted molar refractivity (Wildman–Crippen MR) is 51.8 cm³/mol. The first kappa shape index (κ1) is 9.02. The topological polar surface area (TPSA) is 66.6 Å². The fourth-order valence-electron chi connectivity index (χ4n) is 1.79. The number of nitrogens with zero attached hydrogens (tertiary/aromatic N) is 1. The van der Waals surface area contributed by atoms with E-state index in [1.54, 1.807) is 0 Å². The van der Waals surface area contributed by atoms with Crippen LogP contribution in [0, 0.1) is 0 Å². The number of nitrogens with two attached hydrogens (primary N) is 1. The largest absolute Gasteiger partial charge is 0.465 e. The number of hydrogen-bond donors (Lipinski definition) is 2. The van der Waals surface area contributed by atoms with Crippen LogP contribution in [0.15, 0.2) is 24.3 Å². The van der Waals surface area contributed by atoms with Gasteiger partial charge in [-0.1, -0.05) is 24.3 Å². The zero-order valence-corrected chi connectivity index (χ0v) is 7.68. The van der Waals surface area contributed by atoms with E-state index in [0.717, 1.165) is 11.1 Å². The summed E-state index contributed by atoms with van der Waals surface area (Å²) in [6.45, 7) is 0.825. The Bertz CT molecular complexity index is 365. The maximum absolute atomic E-state index is 10.8. The molecule has 74 valence electrons. The highest BCUT2D eigenvalue weighted by molar-refractivity contribution is 5.65. The van der Waals surface area contributed by atoms with Crippen LogP contribution in [0.2, 0.25) is 0 Å². The minimum Gasteiger partial charge on any atom is -0.465 e. The van der Waals surface area contributed by atoms with Gasteiger partial charge in [0, 0.05) is 19.1 Å². The predicted octanol–water partition coefficient (Wildman–Crippen LogP) is 1.18. The van der Waals surface area contributed by atoms with Crippen LogP contribution >= 0.6 is 0 Å². The smallest absolute Gasteiger partial charge is 0.407 e. The molecule has 0 fully saturated rings. The number of hydrogen-bond acceptors (Lipinski definition) is 2. The van der Waals surface area contributed by atoms with Crippen LogP contribution in [0.5, 0.6) is 0 Å². The highest BCUT2D eigenvalue weighted by Gasteiger charge is 2.24. The van der Waals surface area contributed by atoms with Gasteiger partial charge in [0.2, 0.25) is 0 Å². The summed E-state index contributed by atoms with van der Waals surface area (Å²) in [5.74, 6) is 0. The molecule has 0 aromatic heterocycles. The summed E-state index contributed by atoms with van der Waals surface area (Å²) in [7, 11) is 0. The lowest BCUT2D eigenvalue weighted by atomic mass is 9.96. The number of carboxylic acid groups (broad SMARTS) is 1. The molecule has 3 N–H and O–H groups in total. The van der Waals surface area contributed by atoms with Crippen molar-refractivity contribution in [1.29, 1.82) is 0 Å². The van der Waals surface area contributed by atoms with Crippen molar-refractivity contribution in [2.75, 3.05) is 6.54 Å². The van der Waals surface area contributed by atoms with E-state index in [2.05, 4.69) is 0 Å². The molecule has 14 heavy (non-hydrogen) atoms. The first-order valence-electron chi connectivity index (χ1n) is 4.49. The van der Waals surface area contributed by atoms with E-state index in [1.165, 1.54) is 4.90 Å². The Hall–Kier alpha value is -1.55. The summed E-state index contributed by atoms with van der Waals surface area (Å²) >= 11 is 0. The third-order valence-electron chi connectivity index (χ3n) is 2.50. The van der Waals surface area contributed by atoms with Crippen molar-refractivity contribution in [2.24, 2.45) is 5.73 Å². The summed E-state index contributed by atoms with van der Waals surface area (Å²) in [6.07, 6.45) is -0.907. The lowest BCUT2D eigenvalue weighted by molar-refractivity contribution is 0.135. The average Bonchev–Trinajstić information content (AvgIpc) is 2.17. The van der Waals surface area contributed by atoms with Crippen LogP contribution < -0.4 is 5.73 Å². The number of benzene rings is 1. The second-order valence-corrected chi connectivity index (χ2v) is 3.47. The van der Waals surface area contributed by atoms with Crippen molar-refractivity contribution in [2.45, 2.75) is 12.6 Å². The molecule has 4 nitrogen and oxygen atoms in total. The minimum atomic E-state index is -0.907. The SMILES string of the molecule is NC1CN(C(=O)O)Cc2ccccc21. The van der Waals surface area contributed by atoms with Gasteiger partial charge in [-0.05, 0) is 11.1 Å². The Kier molecular flexibility index (Phi) is 2.13. The lowest BCUT2D eigenvalue weighted by Gasteiger charge is -2.30. The summed E-state index contributed by atoms with van der Waals surface area (Å²) in [4.78, 5) is 12.1. The molecule has 1 aliphatic heterocycles. The molecule has 1 aromatic carbocycles. The quantitative estimate of drug-likeness (QED) is 0.648. The van der Waals surface area contributed by atoms with Crippen molar-refractivity contribution < 1.29 is 9.90 Å². The highest BCUT2D eigenvalue weighted by atomic mass is 16.4. The Morgan fingerprint density at radius 1 is 1.50 bits per heavy atom.